The zero-order chi connectivity index (χ0) is 12.9. The van der Waals surface area contributed by atoms with Crippen LogP contribution in [0.1, 0.15) is 13.8 Å². The Balaban J connectivity index is 0.000000385. The highest BCUT2D eigenvalue weighted by molar-refractivity contribution is 6.50. The first-order chi connectivity index (χ1) is 7.16. The number of hydrogen-bond acceptors (Lipinski definition) is 3. The Morgan fingerprint density at radius 3 is 2.19 bits per heavy atom. The van der Waals surface area contributed by atoms with Gasteiger partial charge < -0.3 is 23.0 Å². The van der Waals surface area contributed by atoms with Gasteiger partial charge in [-0.25, -0.2) is 0 Å². The summed E-state index contributed by atoms with van der Waals surface area (Å²) in [5.41, 5.74) is 7.91. The van der Waals surface area contributed by atoms with Gasteiger partial charge in [0.2, 0.25) is 0 Å². The van der Waals surface area contributed by atoms with E-state index in [-0.39, 0.29) is 6.17 Å². The van der Waals surface area contributed by atoms with Crippen LogP contribution in [0.3, 0.4) is 0 Å². The lowest BCUT2D eigenvalue weighted by Crippen LogP contribution is -2.38. The third-order valence-corrected chi connectivity index (χ3v) is 1.97. The van der Waals surface area contributed by atoms with E-state index >= 15 is 0 Å². The number of rotatable bonds is 0. The molecule has 0 fully saturated rings. The van der Waals surface area contributed by atoms with Crippen LogP contribution in [-0.4, -0.2) is 18.3 Å². The first kappa shape index (κ1) is 14.5. The molecule has 0 aromatic carbocycles. The molecule has 0 aliphatic carbocycles. The van der Waals surface area contributed by atoms with E-state index in [9.17, 15) is 17.3 Å². The Kier molecular flexibility index (Phi) is 5.04. The zero-order valence-electron chi connectivity index (χ0n) is 8.79. The molecular weight excluding hydrogens is 225 g/mol. The van der Waals surface area contributed by atoms with Crippen molar-refractivity contribution in [3.8, 4) is 6.19 Å². The quantitative estimate of drug-likeness (QED) is 0.398. The van der Waals surface area contributed by atoms with Gasteiger partial charge in [0.1, 0.15) is 6.17 Å². The van der Waals surface area contributed by atoms with E-state index in [1.54, 1.807) is 6.20 Å². The summed E-state index contributed by atoms with van der Waals surface area (Å²) in [6.45, 7) is 3.92. The maximum atomic E-state index is 9.75. The van der Waals surface area contributed by atoms with Gasteiger partial charge in [0.05, 0.1) is 0 Å². The molecule has 0 bridgehead atoms. The molecule has 0 amide bonds. The second-order valence-electron chi connectivity index (χ2n) is 3.13. The van der Waals surface area contributed by atoms with Crippen molar-refractivity contribution in [2.24, 2.45) is 5.73 Å². The van der Waals surface area contributed by atoms with Crippen LogP contribution in [0.4, 0.5) is 17.3 Å². The second-order valence-corrected chi connectivity index (χ2v) is 3.13. The van der Waals surface area contributed by atoms with Gasteiger partial charge >= 0.3 is 7.25 Å². The van der Waals surface area contributed by atoms with E-state index in [1.807, 2.05) is 26.1 Å². The summed E-state index contributed by atoms with van der Waals surface area (Å²) in [5, 5.41) is 8.59. The highest BCUT2D eigenvalue weighted by atomic mass is 19.5. The summed E-state index contributed by atoms with van der Waals surface area (Å²) < 4.78 is 39.0. The fourth-order valence-corrected chi connectivity index (χ4v) is 0.954. The van der Waals surface area contributed by atoms with Gasteiger partial charge in [0.25, 0.3) is 0 Å². The average molecular weight is 236 g/mol. The summed E-state index contributed by atoms with van der Waals surface area (Å²) in [7, 11) is -6.00. The Hall–Kier alpha value is -1.49. The van der Waals surface area contributed by atoms with Gasteiger partial charge in [0.15, 0.2) is 6.19 Å². The SMILES string of the molecule is CC1=C(C)C(N)N(C#N)C=C1.F[B-](F)(F)F. The van der Waals surface area contributed by atoms with Crippen LogP contribution in [0.5, 0.6) is 0 Å². The number of allylic oxidation sites excluding steroid dienone is 2. The molecule has 1 aliphatic rings. The van der Waals surface area contributed by atoms with E-state index < -0.39 is 7.25 Å². The first-order valence-corrected chi connectivity index (χ1v) is 4.33. The van der Waals surface area contributed by atoms with Crippen LogP contribution < -0.4 is 5.73 Å². The first-order valence-electron chi connectivity index (χ1n) is 4.33. The summed E-state index contributed by atoms with van der Waals surface area (Å²) in [6, 6.07) is 0. The van der Waals surface area contributed by atoms with Crippen molar-refractivity contribution in [1.82, 2.24) is 4.90 Å². The third kappa shape index (κ3) is 5.41. The lowest BCUT2D eigenvalue weighted by Gasteiger charge is -2.25. The van der Waals surface area contributed by atoms with Gasteiger partial charge in [-0.3, -0.25) is 4.90 Å². The minimum Gasteiger partial charge on any atom is -0.418 e. The Morgan fingerprint density at radius 1 is 1.38 bits per heavy atom. The molecule has 1 rings (SSSR count). The second kappa shape index (κ2) is 5.56. The standard InChI is InChI=1S/C8H11N3.BF4/c1-6-3-4-11(5-9)8(10)7(6)2;2-1(3,4)5/h3-4,8H,10H2,1-2H3;/q;-1. The van der Waals surface area contributed by atoms with E-state index in [2.05, 4.69) is 0 Å². The monoisotopic (exact) mass is 236 g/mol. The molecule has 1 heterocycles. The molecule has 0 spiro atoms. The van der Waals surface area contributed by atoms with Gasteiger partial charge in [-0.15, -0.1) is 0 Å². The molecule has 1 unspecified atom stereocenters. The van der Waals surface area contributed by atoms with E-state index in [1.165, 1.54) is 4.90 Å². The Labute approximate surface area is 90.9 Å². The molecule has 90 valence electrons. The molecule has 3 nitrogen and oxygen atoms in total. The van der Waals surface area contributed by atoms with Crippen LogP contribution in [0.25, 0.3) is 0 Å². The largest absolute Gasteiger partial charge is 0.673 e. The minimum absolute atomic E-state index is 0.273. The molecular formula is C8H11BF4N3-. The highest BCUT2D eigenvalue weighted by Gasteiger charge is 2.20. The van der Waals surface area contributed by atoms with Crippen LogP contribution in [0, 0.1) is 11.5 Å². The summed E-state index contributed by atoms with van der Waals surface area (Å²) in [5.74, 6) is 0. The molecule has 2 N–H and O–H groups in total. The predicted octanol–water partition coefficient (Wildman–Crippen LogP) is 2.22. The molecule has 1 atom stereocenters. The molecule has 8 heteroatoms. The third-order valence-electron chi connectivity index (χ3n) is 1.97. The van der Waals surface area contributed by atoms with E-state index in [0.29, 0.717) is 0 Å². The highest BCUT2D eigenvalue weighted by Crippen LogP contribution is 2.16. The minimum atomic E-state index is -6.00. The maximum absolute atomic E-state index is 9.75. The molecule has 0 saturated heterocycles. The van der Waals surface area contributed by atoms with E-state index in [0.717, 1.165) is 11.1 Å². The van der Waals surface area contributed by atoms with Crippen molar-refractivity contribution in [3.05, 3.63) is 23.4 Å². The van der Waals surface area contributed by atoms with Crippen molar-refractivity contribution >= 4 is 7.25 Å². The summed E-state index contributed by atoms with van der Waals surface area (Å²) in [4.78, 5) is 1.43. The Morgan fingerprint density at radius 2 is 1.81 bits per heavy atom. The van der Waals surface area contributed by atoms with Gasteiger partial charge in [-0.2, -0.15) is 5.26 Å². The number of nitrogens with zero attached hydrogens (tertiary/aromatic N) is 2. The fourth-order valence-electron chi connectivity index (χ4n) is 0.954. The normalized spacial score (nSPS) is 20.1. The van der Waals surface area contributed by atoms with Gasteiger partial charge in [-0.05, 0) is 31.1 Å². The predicted molar refractivity (Wildman–Crippen MR) is 53.1 cm³/mol. The fraction of sp³-hybridized carbons (Fsp3) is 0.375. The van der Waals surface area contributed by atoms with E-state index in [4.69, 9.17) is 11.0 Å². The topological polar surface area (TPSA) is 53.0 Å². The molecule has 0 aromatic rings. The molecule has 1 aliphatic heterocycles. The summed E-state index contributed by atoms with van der Waals surface area (Å²) in [6.07, 6.45) is 5.31. The van der Waals surface area contributed by atoms with Crippen molar-refractivity contribution < 1.29 is 17.3 Å². The van der Waals surface area contributed by atoms with Crippen molar-refractivity contribution in [3.63, 3.8) is 0 Å². The zero-order valence-corrected chi connectivity index (χ0v) is 8.79. The molecule has 16 heavy (non-hydrogen) atoms. The van der Waals surface area contributed by atoms with Crippen molar-refractivity contribution in [1.29, 1.82) is 5.26 Å². The maximum Gasteiger partial charge on any atom is 0.673 e. The number of halogens is 4. The molecule has 0 aromatic heterocycles. The lowest BCUT2D eigenvalue weighted by molar-refractivity contribution is 0.368. The molecule has 0 saturated carbocycles. The van der Waals surface area contributed by atoms with Crippen LogP contribution >= 0.6 is 0 Å². The lowest BCUT2D eigenvalue weighted by atomic mass is 10.1. The smallest absolute Gasteiger partial charge is 0.418 e. The van der Waals surface area contributed by atoms with Crippen LogP contribution in [-0.2, 0) is 0 Å². The number of hydrogen-bond donors (Lipinski definition) is 1. The Bertz CT molecular complexity index is 336. The summed E-state index contributed by atoms with van der Waals surface area (Å²) >= 11 is 0. The van der Waals surface area contributed by atoms with Gasteiger partial charge in [0, 0.05) is 6.20 Å². The van der Waals surface area contributed by atoms with Crippen molar-refractivity contribution in [2.75, 3.05) is 0 Å². The van der Waals surface area contributed by atoms with Crippen molar-refractivity contribution in [2.45, 2.75) is 20.0 Å². The van der Waals surface area contributed by atoms with Gasteiger partial charge in [-0.1, -0.05) is 0 Å². The van der Waals surface area contributed by atoms with Crippen LogP contribution in [0.15, 0.2) is 23.4 Å². The number of nitriles is 1. The van der Waals surface area contributed by atoms with Crippen LogP contribution in [0.2, 0.25) is 0 Å². The number of nitrogens with two attached hydrogens (primary N) is 1. The molecule has 0 radical (unpaired) electrons. The average Bonchev–Trinajstić information content (AvgIpc) is 2.12.